The van der Waals surface area contributed by atoms with Crippen LogP contribution < -0.4 is 4.90 Å². The highest BCUT2D eigenvalue weighted by Crippen LogP contribution is 2.45. The zero-order valence-corrected chi connectivity index (χ0v) is 17.7. The van der Waals surface area contributed by atoms with Crippen LogP contribution >= 0.6 is 11.6 Å². The van der Waals surface area contributed by atoms with Gasteiger partial charge in [0.1, 0.15) is 5.60 Å². The van der Waals surface area contributed by atoms with E-state index in [0.29, 0.717) is 36.6 Å². The van der Waals surface area contributed by atoms with Crippen molar-refractivity contribution in [3.63, 3.8) is 0 Å². The second-order valence-electron chi connectivity index (χ2n) is 8.62. The lowest BCUT2D eigenvalue weighted by molar-refractivity contribution is 0.0248. The van der Waals surface area contributed by atoms with Gasteiger partial charge in [0.15, 0.2) is 0 Å². The van der Waals surface area contributed by atoms with Gasteiger partial charge in [0, 0.05) is 31.1 Å². The Kier molecular flexibility index (Phi) is 5.03. The number of carbonyl (C=O) groups excluding carboxylic acids is 2. The molecule has 0 aliphatic carbocycles. The van der Waals surface area contributed by atoms with E-state index >= 15 is 0 Å². The van der Waals surface area contributed by atoms with Gasteiger partial charge in [-0.3, -0.25) is 4.79 Å². The lowest BCUT2D eigenvalue weighted by Gasteiger charge is -2.28. The molecule has 2 heterocycles. The number of rotatable bonds is 1. The van der Waals surface area contributed by atoms with Gasteiger partial charge in [-0.2, -0.15) is 0 Å². The summed E-state index contributed by atoms with van der Waals surface area (Å²) in [4.78, 5) is 29.4. The van der Waals surface area contributed by atoms with E-state index in [1.165, 1.54) is 0 Å². The molecule has 2 aromatic rings. The largest absolute Gasteiger partial charge is 0.444 e. The molecule has 0 fully saturated rings. The number of benzene rings is 2. The molecule has 5 nitrogen and oxygen atoms in total. The van der Waals surface area contributed by atoms with Gasteiger partial charge in [0.2, 0.25) is 0 Å². The maximum atomic E-state index is 13.2. The summed E-state index contributed by atoms with van der Waals surface area (Å²) in [5.41, 5.74) is 3.10. The highest BCUT2D eigenvalue weighted by atomic mass is 35.5. The average molecular weight is 413 g/mol. The van der Waals surface area contributed by atoms with Crippen molar-refractivity contribution in [1.82, 2.24) is 4.90 Å². The molecule has 152 valence electrons. The number of hydrogen-bond acceptors (Lipinski definition) is 3. The molecule has 0 saturated carbocycles. The smallest absolute Gasteiger partial charge is 0.410 e. The Hall–Kier alpha value is -2.53. The second kappa shape index (κ2) is 7.38. The summed E-state index contributed by atoms with van der Waals surface area (Å²) >= 11 is 6.55. The van der Waals surface area contributed by atoms with Crippen LogP contribution in [0.2, 0.25) is 5.02 Å². The third-order valence-electron chi connectivity index (χ3n) is 5.35. The van der Waals surface area contributed by atoms with Crippen molar-refractivity contribution in [2.24, 2.45) is 0 Å². The number of nitrogens with zero attached hydrogens (tertiary/aromatic N) is 2. The minimum absolute atomic E-state index is 0.0152. The molecular formula is C23H25ClN2O3. The van der Waals surface area contributed by atoms with Crippen LogP contribution in [0, 0.1) is 0 Å². The Morgan fingerprint density at radius 2 is 1.79 bits per heavy atom. The first kappa shape index (κ1) is 19.8. The fraction of sp³-hybridized carbons (Fsp3) is 0.391. The fourth-order valence-electron chi connectivity index (χ4n) is 4.15. The first-order valence-electron chi connectivity index (χ1n) is 9.91. The van der Waals surface area contributed by atoms with Crippen molar-refractivity contribution in [1.29, 1.82) is 0 Å². The highest BCUT2D eigenvalue weighted by molar-refractivity contribution is 6.34. The molecule has 1 unspecified atom stereocenters. The van der Waals surface area contributed by atoms with E-state index < -0.39 is 5.60 Å². The third-order valence-corrected chi connectivity index (χ3v) is 5.65. The minimum Gasteiger partial charge on any atom is -0.444 e. The maximum Gasteiger partial charge on any atom is 0.410 e. The van der Waals surface area contributed by atoms with Crippen LogP contribution in [0.1, 0.15) is 48.2 Å². The topological polar surface area (TPSA) is 49.9 Å². The van der Waals surface area contributed by atoms with E-state index in [4.69, 9.17) is 16.3 Å². The summed E-state index contributed by atoms with van der Waals surface area (Å²) in [6.07, 6.45) is 0.397. The highest BCUT2D eigenvalue weighted by Gasteiger charge is 2.40. The summed E-state index contributed by atoms with van der Waals surface area (Å²) in [6, 6.07) is 13.1. The molecule has 6 heteroatoms. The number of carbonyl (C=O) groups is 2. The first-order chi connectivity index (χ1) is 13.7. The predicted octanol–water partition coefficient (Wildman–Crippen LogP) is 4.88. The van der Waals surface area contributed by atoms with E-state index in [0.717, 1.165) is 16.8 Å². The standard InChI is InChI=1S/C23H25ClN2O3/c1-23(2,3)29-22(28)25-12-11-15-9-10-18(24)20-19(15)17(13-25)14-26(20)21(27)16-7-5-4-6-8-16/h4-10,17H,11-14H2,1-3H3. The van der Waals surface area contributed by atoms with Crippen molar-refractivity contribution in [2.75, 3.05) is 24.5 Å². The van der Waals surface area contributed by atoms with Gasteiger partial charge < -0.3 is 14.5 Å². The van der Waals surface area contributed by atoms with Crippen LogP contribution in [-0.4, -0.2) is 42.1 Å². The van der Waals surface area contributed by atoms with Gasteiger partial charge in [0.25, 0.3) is 5.91 Å². The lowest BCUT2D eigenvalue weighted by atomic mass is 9.95. The summed E-state index contributed by atoms with van der Waals surface area (Å²) < 4.78 is 5.59. The lowest BCUT2D eigenvalue weighted by Crippen LogP contribution is -2.40. The zero-order chi connectivity index (χ0) is 20.8. The predicted molar refractivity (Wildman–Crippen MR) is 114 cm³/mol. The van der Waals surface area contributed by atoms with Gasteiger partial charge >= 0.3 is 6.09 Å². The number of amides is 2. The molecule has 1 atom stereocenters. The quantitative estimate of drug-likeness (QED) is 0.670. The summed E-state index contributed by atoms with van der Waals surface area (Å²) in [5, 5.41) is 0.571. The Morgan fingerprint density at radius 1 is 1.07 bits per heavy atom. The Labute approximate surface area is 176 Å². The molecule has 2 aliphatic heterocycles. The summed E-state index contributed by atoms with van der Waals surface area (Å²) in [6.45, 7) is 7.20. The molecule has 0 saturated heterocycles. The van der Waals surface area contributed by atoms with E-state index in [9.17, 15) is 9.59 Å². The molecule has 0 aromatic heterocycles. The van der Waals surface area contributed by atoms with Crippen molar-refractivity contribution >= 4 is 29.3 Å². The van der Waals surface area contributed by atoms with Crippen LogP contribution in [0.3, 0.4) is 0 Å². The Bertz CT molecular complexity index is 953. The molecule has 0 radical (unpaired) electrons. The Balaban J connectivity index is 1.67. The molecule has 0 bridgehead atoms. The van der Waals surface area contributed by atoms with Crippen molar-refractivity contribution in [3.05, 3.63) is 64.2 Å². The monoisotopic (exact) mass is 412 g/mol. The molecule has 29 heavy (non-hydrogen) atoms. The van der Waals surface area contributed by atoms with E-state index in [-0.39, 0.29) is 17.9 Å². The van der Waals surface area contributed by atoms with Crippen molar-refractivity contribution < 1.29 is 14.3 Å². The SMILES string of the molecule is CC(C)(C)OC(=O)N1CCc2ccc(Cl)c3c2C(C1)CN3C(=O)c1ccccc1. The molecule has 0 N–H and O–H groups in total. The Morgan fingerprint density at radius 3 is 2.48 bits per heavy atom. The van der Waals surface area contributed by atoms with Gasteiger partial charge in [-0.1, -0.05) is 35.9 Å². The molecule has 4 rings (SSSR count). The van der Waals surface area contributed by atoms with E-state index in [1.54, 1.807) is 9.80 Å². The van der Waals surface area contributed by atoms with Crippen LogP contribution in [-0.2, 0) is 11.2 Å². The van der Waals surface area contributed by atoms with E-state index in [1.807, 2.05) is 63.2 Å². The summed E-state index contributed by atoms with van der Waals surface area (Å²) in [7, 11) is 0. The maximum absolute atomic E-state index is 13.2. The van der Waals surface area contributed by atoms with Crippen molar-refractivity contribution in [3.8, 4) is 0 Å². The fourth-order valence-corrected chi connectivity index (χ4v) is 4.42. The van der Waals surface area contributed by atoms with Crippen LogP contribution in [0.4, 0.5) is 10.5 Å². The third kappa shape index (κ3) is 3.84. The second-order valence-corrected chi connectivity index (χ2v) is 9.03. The number of hydrogen-bond donors (Lipinski definition) is 0. The molecule has 2 aromatic carbocycles. The minimum atomic E-state index is -0.546. The molecule has 2 amide bonds. The first-order valence-corrected chi connectivity index (χ1v) is 10.3. The zero-order valence-electron chi connectivity index (χ0n) is 16.9. The number of halogens is 1. The number of ether oxygens (including phenoxy) is 1. The van der Waals surface area contributed by atoms with E-state index in [2.05, 4.69) is 0 Å². The normalized spacial score (nSPS) is 18.3. The molecule has 2 aliphatic rings. The molecular weight excluding hydrogens is 388 g/mol. The van der Waals surface area contributed by atoms with Gasteiger partial charge in [-0.15, -0.1) is 0 Å². The van der Waals surface area contributed by atoms with Crippen molar-refractivity contribution in [2.45, 2.75) is 38.7 Å². The van der Waals surface area contributed by atoms with Gasteiger partial charge in [-0.05, 0) is 56.5 Å². The van der Waals surface area contributed by atoms with Crippen LogP contribution in [0.5, 0.6) is 0 Å². The summed E-state index contributed by atoms with van der Waals surface area (Å²) in [5.74, 6) is -0.0563. The average Bonchev–Trinajstić information content (AvgIpc) is 2.95. The van der Waals surface area contributed by atoms with Crippen LogP contribution in [0.15, 0.2) is 42.5 Å². The number of anilines is 1. The van der Waals surface area contributed by atoms with Gasteiger partial charge in [-0.25, -0.2) is 4.79 Å². The molecule has 0 spiro atoms. The van der Waals surface area contributed by atoms with Crippen LogP contribution in [0.25, 0.3) is 0 Å². The van der Waals surface area contributed by atoms with Gasteiger partial charge in [0.05, 0.1) is 10.7 Å².